The van der Waals surface area contributed by atoms with Gasteiger partial charge in [-0.25, -0.2) is 0 Å². The molecule has 1 aliphatic rings. The average Bonchev–Trinajstić information content (AvgIpc) is 2.39. The molecular weight excluding hydrogens is 244 g/mol. The van der Waals surface area contributed by atoms with E-state index in [9.17, 15) is 9.59 Å². The van der Waals surface area contributed by atoms with Gasteiger partial charge in [-0.2, -0.15) is 0 Å². The van der Waals surface area contributed by atoms with Crippen molar-refractivity contribution in [2.45, 2.75) is 39.0 Å². The quantitative estimate of drug-likeness (QED) is 0.577. The Balaban J connectivity index is 2.76. The predicted molar refractivity (Wildman–Crippen MR) is 71.1 cm³/mol. The Morgan fingerprint density at radius 3 is 2.84 bits per heavy atom. The Morgan fingerprint density at radius 2 is 2.16 bits per heavy atom. The number of carbonyl (C=O) groups is 2. The van der Waals surface area contributed by atoms with Crippen molar-refractivity contribution in [3.63, 3.8) is 0 Å². The molecule has 0 saturated heterocycles. The molecule has 0 aromatic rings. The molecule has 0 spiro atoms. The van der Waals surface area contributed by atoms with Crippen molar-refractivity contribution in [1.29, 1.82) is 0 Å². The van der Waals surface area contributed by atoms with Crippen LogP contribution < -0.4 is 0 Å². The number of carbonyl (C=O) groups excluding carboxylic acids is 2. The number of hydrogen-bond acceptors (Lipinski definition) is 4. The zero-order valence-electron chi connectivity index (χ0n) is 11.5. The predicted octanol–water partition coefficient (Wildman–Crippen LogP) is 2.23. The van der Waals surface area contributed by atoms with Gasteiger partial charge in [0.1, 0.15) is 0 Å². The van der Waals surface area contributed by atoms with Gasteiger partial charge in [0.25, 0.3) is 0 Å². The number of ketones is 1. The van der Waals surface area contributed by atoms with Crippen molar-refractivity contribution in [1.82, 2.24) is 0 Å². The van der Waals surface area contributed by atoms with Crippen molar-refractivity contribution in [2.24, 2.45) is 5.92 Å². The van der Waals surface area contributed by atoms with E-state index < -0.39 is 0 Å². The van der Waals surface area contributed by atoms with Crippen molar-refractivity contribution >= 4 is 11.8 Å². The number of rotatable bonds is 4. The maximum Gasteiger partial charge on any atom is 0.306 e. The molecule has 0 aliphatic heterocycles. The molecule has 0 bridgehead atoms. The molecule has 1 atom stereocenters. The summed E-state index contributed by atoms with van der Waals surface area (Å²) < 4.78 is 10.0. The third-order valence-electron chi connectivity index (χ3n) is 2.93. The molecule has 4 heteroatoms. The first kappa shape index (κ1) is 15.3. The van der Waals surface area contributed by atoms with E-state index >= 15 is 0 Å². The molecule has 0 saturated carbocycles. The van der Waals surface area contributed by atoms with E-state index in [1.54, 1.807) is 14.0 Å². The van der Waals surface area contributed by atoms with Gasteiger partial charge in [-0.15, -0.1) is 11.8 Å². The monoisotopic (exact) mass is 264 g/mol. The van der Waals surface area contributed by atoms with Crippen molar-refractivity contribution in [3.05, 3.63) is 11.8 Å². The molecule has 104 valence electrons. The lowest BCUT2D eigenvalue weighted by atomic mass is 9.93. The summed E-state index contributed by atoms with van der Waals surface area (Å²) in [5.74, 6) is 5.90. The summed E-state index contributed by atoms with van der Waals surface area (Å²) in [6.45, 7) is 2.08. The first-order valence-corrected chi connectivity index (χ1v) is 6.57. The van der Waals surface area contributed by atoms with Crippen LogP contribution in [0.3, 0.4) is 0 Å². The van der Waals surface area contributed by atoms with Gasteiger partial charge in [0.2, 0.25) is 0 Å². The van der Waals surface area contributed by atoms with E-state index in [0.717, 1.165) is 0 Å². The number of hydrogen-bond donors (Lipinski definition) is 0. The van der Waals surface area contributed by atoms with E-state index in [1.165, 1.54) is 6.08 Å². The summed E-state index contributed by atoms with van der Waals surface area (Å²) >= 11 is 0. The second kappa shape index (κ2) is 8.36. The van der Waals surface area contributed by atoms with Crippen LogP contribution in [-0.2, 0) is 19.1 Å². The van der Waals surface area contributed by atoms with Gasteiger partial charge in [-0.1, -0.05) is 0 Å². The molecule has 19 heavy (non-hydrogen) atoms. The summed E-state index contributed by atoms with van der Waals surface area (Å²) in [7, 11) is 1.54. The Hall–Kier alpha value is -1.76. The molecule has 1 unspecified atom stereocenters. The maximum absolute atomic E-state index is 12.1. The Kier molecular flexibility index (Phi) is 6.73. The summed E-state index contributed by atoms with van der Waals surface area (Å²) in [6.07, 6.45) is 4.14. The van der Waals surface area contributed by atoms with Gasteiger partial charge in [0.15, 0.2) is 5.78 Å². The zero-order valence-corrected chi connectivity index (χ0v) is 11.5. The first-order chi connectivity index (χ1) is 9.17. The van der Waals surface area contributed by atoms with Crippen LogP contribution in [0.25, 0.3) is 0 Å². The lowest BCUT2D eigenvalue weighted by molar-refractivity contribution is -0.145. The highest BCUT2D eigenvalue weighted by molar-refractivity contribution is 5.94. The topological polar surface area (TPSA) is 52.6 Å². The minimum Gasteiger partial charge on any atom is -0.501 e. The van der Waals surface area contributed by atoms with Crippen LogP contribution in [0.4, 0.5) is 0 Å². The third kappa shape index (κ3) is 5.60. The molecule has 0 N–H and O–H groups in total. The van der Waals surface area contributed by atoms with E-state index in [1.807, 2.05) is 0 Å². The summed E-state index contributed by atoms with van der Waals surface area (Å²) in [5.41, 5.74) is 0. The number of allylic oxidation sites excluding steroid dienone is 2. The van der Waals surface area contributed by atoms with Crippen LogP contribution in [0.2, 0.25) is 0 Å². The van der Waals surface area contributed by atoms with Crippen molar-refractivity contribution in [3.8, 4) is 11.8 Å². The largest absolute Gasteiger partial charge is 0.501 e. The van der Waals surface area contributed by atoms with Crippen LogP contribution in [-0.4, -0.2) is 25.5 Å². The normalized spacial score (nSPS) is 22.5. The minimum absolute atomic E-state index is 0.0754. The molecule has 1 rings (SSSR count). The highest BCUT2D eigenvalue weighted by Gasteiger charge is 2.21. The van der Waals surface area contributed by atoms with Crippen LogP contribution in [0.1, 0.15) is 39.0 Å². The smallest absolute Gasteiger partial charge is 0.306 e. The van der Waals surface area contributed by atoms with Crippen molar-refractivity contribution < 1.29 is 19.1 Å². The molecular formula is C15H20O4. The van der Waals surface area contributed by atoms with Crippen LogP contribution in [0.5, 0.6) is 0 Å². The van der Waals surface area contributed by atoms with E-state index in [0.29, 0.717) is 38.0 Å². The Bertz CT molecular complexity index is 412. The Morgan fingerprint density at radius 1 is 1.42 bits per heavy atom. The zero-order chi connectivity index (χ0) is 14.1. The molecule has 0 aromatic carbocycles. The SMILES string of the molecule is CCOC(=O)CC1CCC#CCC/C(OC)=C/C1=O. The fourth-order valence-corrected chi connectivity index (χ4v) is 1.88. The maximum atomic E-state index is 12.1. The second-order valence-electron chi connectivity index (χ2n) is 4.32. The molecule has 4 nitrogen and oxygen atoms in total. The number of methoxy groups -OCH3 is 1. The standard InChI is InChI=1S/C15H20O4/c1-3-19-15(17)10-12-8-6-4-5-7-9-13(18-2)11-14(12)16/h11-12H,3,6-10H2,1-2H3/b13-11-. The molecule has 0 aromatic heterocycles. The van der Waals surface area contributed by atoms with Gasteiger partial charge < -0.3 is 9.47 Å². The van der Waals surface area contributed by atoms with Crippen LogP contribution >= 0.6 is 0 Å². The second-order valence-corrected chi connectivity index (χ2v) is 4.32. The van der Waals surface area contributed by atoms with Gasteiger partial charge >= 0.3 is 5.97 Å². The van der Waals surface area contributed by atoms with E-state index in [2.05, 4.69) is 11.8 Å². The molecule has 0 amide bonds. The van der Waals surface area contributed by atoms with Crippen molar-refractivity contribution in [2.75, 3.05) is 13.7 Å². The molecule has 0 heterocycles. The third-order valence-corrected chi connectivity index (χ3v) is 2.93. The van der Waals surface area contributed by atoms with Crippen LogP contribution in [0.15, 0.2) is 11.8 Å². The van der Waals surface area contributed by atoms with E-state index in [4.69, 9.17) is 9.47 Å². The average molecular weight is 264 g/mol. The highest BCUT2D eigenvalue weighted by Crippen LogP contribution is 2.18. The number of esters is 1. The van der Waals surface area contributed by atoms with Crippen LogP contribution in [0, 0.1) is 17.8 Å². The summed E-state index contributed by atoms with van der Waals surface area (Å²) in [4.78, 5) is 23.6. The Labute approximate surface area is 114 Å². The van der Waals surface area contributed by atoms with Gasteiger partial charge in [-0.05, 0) is 13.3 Å². The van der Waals surface area contributed by atoms with Gasteiger partial charge in [-0.3, -0.25) is 9.59 Å². The lowest BCUT2D eigenvalue weighted by Gasteiger charge is -2.13. The summed E-state index contributed by atoms with van der Waals surface area (Å²) in [5, 5.41) is 0. The molecule has 1 aliphatic carbocycles. The first-order valence-electron chi connectivity index (χ1n) is 6.57. The molecule has 0 fully saturated rings. The fourth-order valence-electron chi connectivity index (χ4n) is 1.88. The lowest BCUT2D eigenvalue weighted by Crippen LogP contribution is -2.19. The number of ether oxygens (including phenoxy) is 2. The highest BCUT2D eigenvalue weighted by atomic mass is 16.5. The van der Waals surface area contributed by atoms with E-state index in [-0.39, 0.29) is 24.1 Å². The summed E-state index contributed by atoms with van der Waals surface area (Å²) in [6, 6.07) is 0. The molecule has 0 radical (unpaired) electrons. The minimum atomic E-state index is -0.364. The van der Waals surface area contributed by atoms with Gasteiger partial charge in [0.05, 0.1) is 25.9 Å². The fraction of sp³-hybridized carbons (Fsp3) is 0.600. The van der Waals surface area contributed by atoms with Gasteiger partial charge in [0, 0.05) is 31.3 Å².